The maximum absolute atomic E-state index is 11.8. The molecule has 2 amide bonds. The van der Waals surface area contributed by atoms with Crippen molar-refractivity contribution in [1.29, 1.82) is 0 Å². The summed E-state index contributed by atoms with van der Waals surface area (Å²) in [5, 5.41) is 14.1. The maximum Gasteiger partial charge on any atom is 0.335 e. The summed E-state index contributed by atoms with van der Waals surface area (Å²) in [5.41, 5.74) is 0.680. The number of aromatic nitrogens is 2. The Balaban J connectivity index is 1.92. The van der Waals surface area contributed by atoms with Crippen molar-refractivity contribution in [2.75, 3.05) is 5.32 Å². The Labute approximate surface area is 115 Å². The third-order valence-corrected chi connectivity index (χ3v) is 2.67. The summed E-state index contributed by atoms with van der Waals surface area (Å²) < 4.78 is 0. The number of urea groups is 1. The van der Waals surface area contributed by atoms with Crippen LogP contribution in [0.25, 0.3) is 0 Å². The molecule has 0 bridgehead atoms. The van der Waals surface area contributed by atoms with E-state index in [1.165, 1.54) is 24.3 Å². The number of carbonyl (C=O) groups excluding carboxylic acids is 1. The molecule has 0 saturated carbocycles. The Kier molecular flexibility index (Phi) is 3.99. The standard InChI is InChI=1S/C13H14N4O3/c1-8(11-14-6-7-15-11)16-13(20)17-10-4-2-9(3-5-10)12(18)19/h2-8H,1H3,(H,14,15)(H,18,19)(H2,16,17,20). The molecule has 0 aliphatic carbocycles. The summed E-state index contributed by atoms with van der Waals surface area (Å²) in [5.74, 6) is -0.353. The van der Waals surface area contributed by atoms with Crippen LogP contribution in [0.5, 0.6) is 0 Å². The molecule has 2 rings (SSSR count). The smallest absolute Gasteiger partial charge is 0.335 e. The van der Waals surface area contributed by atoms with Gasteiger partial charge in [-0.2, -0.15) is 0 Å². The molecule has 0 aliphatic heterocycles. The van der Waals surface area contributed by atoms with Gasteiger partial charge in [0.1, 0.15) is 5.82 Å². The number of nitrogens with zero attached hydrogens (tertiary/aromatic N) is 1. The van der Waals surface area contributed by atoms with Crippen molar-refractivity contribution in [1.82, 2.24) is 15.3 Å². The molecule has 1 atom stereocenters. The van der Waals surface area contributed by atoms with Crippen molar-refractivity contribution >= 4 is 17.7 Å². The molecule has 1 heterocycles. The van der Waals surface area contributed by atoms with E-state index in [-0.39, 0.29) is 11.6 Å². The number of H-pyrrole nitrogens is 1. The average Bonchev–Trinajstić information content (AvgIpc) is 2.93. The van der Waals surface area contributed by atoms with E-state index in [2.05, 4.69) is 20.6 Å². The molecular weight excluding hydrogens is 260 g/mol. The van der Waals surface area contributed by atoms with Crippen LogP contribution in [0.3, 0.4) is 0 Å². The second-order valence-corrected chi connectivity index (χ2v) is 4.18. The molecule has 1 unspecified atom stereocenters. The lowest BCUT2D eigenvalue weighted by Crippen LogP contribution is -2.31. The van der Waals surface area contributed by atoms with Crippen molar-refractivity contribution in [3.05, 3.63) is 48.0 Å². The number of carboxylic acid groups (broad SMARTS) is 1. The maximum atomic E-state index is 11.8. The Bertz CT molecular complexity index is 593. The monoisotopic (exact) mass is 274 g/mol. The van der Waals surface area contributed by atoms with Gasteiger partial charge >= 0.3 is 12.0 Å². The van der Waals surface area contributed by atoms with E-state index in [4.69, 9.17) is 5.11 Å². The number of hydrogen-bond acceptors (Lipinski definition) is 3. The fraction of sp³-hybridized carbons (Fsp3) is 0.154. The van der Waals surface area contributed by atoms with Crippen molar-refractivity contribution in [3.63, 3.8) is 0 Å². The first kappa shape index (κ1) is 13.6. The zero-order chi connectivity index (χ0) is 14.5. The molecule has 7 heteroatoms. The minimum atomic E-state index is -1.01. The SMILES string of the molecule is CC(NC(=O)Nc1ccc(C(=O)O)cc1)c1ncc[nH]1. The summed E-state index contributed by atoms with van der Waals surface area (Å²) >= 11 is 0. The van der Waals surface area contributed by atoms with Crippen LogP contribution in [0.2, 0.25) is 0 Å². The summed E-state index contributed by atoms with van der Waals surface area (Å²) in [4.78, 5) is 29.4. The van der Waals surface area contributed by atoms with Gasteiger partial charge in [0.15, 0.2) is 0 Å². The average molecular weight is 274 g/mol. The second-order valence-electron chi connectivity index (χ2n) is 4.18. The predicted molar refractivity (Wildman–Crippen MR) is 72.6 cm³/mol. The highest BCUT2D eigenvalue weighted by Crippen LogP contribution is 2.10. The fourth-order valence-corrected chi connectivity index (χ4v) is 1.64. The van der Waals surface area contributed by atoms with Crippen LogP contribution in [-0.2, 0) is 0 Å². The van der Waals surface area contributed by atoms with Crippen LogP contribution in [0.4, 0.5) is 10.5 Å². The Hall–Kier alpha value is -2.83. The van der Waals surface area contributed by atoms with E-state index in [9.17, 15) is 9.59 Å². The Morgan fingerprint density at radius 1 is 1.30 bits per heavy atom. The first-order chi connectivity index (χ1) is 9.56. The molecule has 7 nitrogen and oxygen atoms in total. The van der Waals surface area contributed by atoms with E-state index in [1.54, 1.807) is 19.3 Å². The molecule has 1 aromatic carbocycles. The Morgan fingerprint density at radius 3 is 2.55 bits per heavy atom. The molecule has 2 aromatic rings. The van der Waals surface area contributed by atoms with Crippen LogP contribution < -0.4 is 10.6 Å². The number of aromatic amines is 1. The van der Waals surface area contributed by atoms with E-state index < -0.39 is 12.0 Å². The normalized spacial score (nSPS) is 11.7. The highest BCUT2D eigenvalue weighted by molar-refractivity contribution is 5.91. The van der Waals surface area contributed by atoms with Crippen molar-refractivity contribution in [3.8, 4) is 0 Å². The van der Waals surface area contributed by atoms with Gasteiger partial charge in [-0.25, -0.2) is 14.6 Å². The number of carboxylic acids is 1. The molecule has 0 spiro atoms. The molecule has 0 fully saturated rings. The van der Waals surface area contributed by atoms with Gasteiger partial charge < -0.3 is 20.7 Å². The zero-order valence-electron chi connectivity index (χ0n) is 10.8. The summed E-state index contributed by atoms with van der Waals surface area (Å²) in [6.07, 6.45) is 3.28. The van der Waals surface area contributed by atoms with Gasteiger partial charge in [-0.15, -0.1) is 0 Å². The number of imidazole rings is 1. The lowest BCUT2D eigenvalue weighted by Gasteiger charge is -2.12. The molecular formula is C13H14N4O3. The highest BCUT2D eigenvalue weighted by Gasteiger charge is 2.11. The van der Waals surface area contributed by atoms with Crippen molar-refractivity contribution in [2.24, 2.45) is 0 Å². The van der Waals surface area contributed by atoms with Gasteiger partial charge in [-0.1, -0.05) is 0 Å². The van der Waals surface area contributed by atoms with E-state index in [1.807, 2.05) is 0 Å². The number of rotatable bonds is 4. The Morgan fingerprint density at radius 2 is 2.00 bits per heavy atom. The number of aromatic carboxylic acids is 1. The minimum Gasteiger partial charge on any atom is -0.478 e. The first-order valence-electron chi connectivity index (χ1n) is 5.96. The fourth-order valence-electron chi connectivity index (χ4n) is 1.64. The van der Waals surface area contributed by atoms with Crippen LogP contribution >= 0.6 is 0 Å². The van der Waals surface area contributed by atoms with Gasteiger partial charge in [0.25, 0.3) is 0 Å². The van der Waals surface area contributed by atoms with Crippen molar-refractivity contribution in [2.45, 2.75) is 13.0 Å². The van der Waals surface area contributed by atoms with Crippen LogP contribution in [0.1, 0.15) is 29.1 Å². The quantitative estimate of drug-likeness (QED) is 0.683. The number of anilines is 1. The third-order valence-electron chi connectivity index (χ3n) is 2.67. The highest BCUT2D eigenvalue weighted by atomic mass is 16.4. The summed E-state index contributed by atoms with van der Waals surface area (Å²) in [6, 6.07) is 5.25. The molecule has 0 aliphatic rings. The summed E-state index contributed by atoms with van der Waals surface area (Å²) in [6.45, 7) is 1.80. The number of hydrogen-bond donors (Lipinski definition) is 4. The van der Waals surface area contributed by atoms with Gasteiger partial charge in [-0.3, -0.25) is 0 Å². The number of amides is 2. The number of nitrogens with one attached hydrogen (secondary N) is 3. The van der Waals surface area contributed by atoms with Gasteiger partial charge in [0.05, 0.1) is 11.6 Å². The molecule has 1 aromatic heterocycles. The van der Waals surface area contributed by atoms with Crippen LogP contribution in [0.15, 0.2) is 36.7 Å². The largest absolute Gasteiger partial charge is 0.478 e. The number of carbonyl (C=O) groups is 2. The molecule has 0 saturated heterocycles. The molecule has 104 valence electrons. The van der Waals surface area contributed by atoms with E-state index >= 15 is 0 Å². The first-order valence-corrected chi connectivity index (χ1v) is 5.96. The van der Waals surface area contributed by atoms with Crippen LogP contribution in [-0.4, -0.2) is 27.1 Å². The van der Waals surface area contributed by atoms with Gasteiger partial charge in [0.2, 0.25) is 0 Å². The topological polar surface area (TPSA) is 107 Å². The van der Waals surface area contributed by atoms with Gasteiger partial charge in [-0.05, 0) is 31.2 Å². The van der Waals surface area contributed by atoms with Crippen molar-refractivity contribution < 1.29 is 14.7 Å². The zero-order valence-corrected chi connectivity index (χ0v) is 10.8. The number of benzene rings is 1. The van der Waals surface area contributed by atoms with E-state index in [0.29, 0.717) is 11.5 Å². The third kappa shape index (κ3) is 3.35. The summed E-state index contributed by atoms with van der Waals surface area (Å²) in [7, 11) is 0. The minimum absolute atomic E-state index is 0.167. The van der Waals surface area contributed by atoms with Crippen LogP contribution in [0, 0.1) is 0 Å². The predicted octanol–water partition coefficient (Wildman–Crippen LogP) is 1.99. The van der Waals surface area contributed by atoms with E-state index in [0.717, 1.165) is 0 Å². The van der Waals surface area contributed by atoms with Gasteiger partial charge in [0, 0.05) is 18.1 Å². The molecule has 4 N–H and O–H groups in total. The lowest BCUT2D eigenvalue weighted by atomic mass is 10.2. The molecule has 0 radical (unpaired) electrons. The lowest BCUT2D eigenvalue weighted by molar-refractivity contribution is 0.0697. The second kappa shape index (κ2) is 5.87. The molecule has 20 heavy (non-hydrogen) atoms.